The van der Waals surface area contributed by atoms with Crippen LogP contribution in [0.4, 0.5) is 5.69 Å². The monoisotopic (exact) mass is 299 g/mol. The van der Waals surface area contributed by atoms with Gasteiger partial charge in [0.15, 0.2) is 0 Å². The molecule has 1 aromatic rings. The minimum absolute atomic E-state index is 0.0129. The second kappa shape index (κ2) is 5.74. The molecule has 20 heavy (non-hydrogen) atoms. The highest BCUT2D eigenvalue weighted by Gasteiger charge is 2.49. The number of aryl methyl sites for hydroxylation is 1. The average molecular weight is 300 g/mol. The Hall–Kier alpha value is -1.07. The van der Waals surface area contributed by atoms with Gasteiger partial charge in [-0.3, -0.25) is 4.79 Å². The van der Waals surface area contributed by atoms with Crippen molar-refractivity contribution in [3.05, 3.63) is 21.6 Å². The third-order valence-corrected chi connectivity index (χ3v) is 4.53. The van der Waals surface area contributed by atoms with E-state index < -0.39 is 0 Å². The number of rotatable bonds is 5. The molecule has 0 aliphatic heterocycles. The van der Waals surface area contributed by atoms with Gasteiger partial charge in [0, 0.05) is 24.6 Å². The fourth-order valence-electron chi connectivity index (χ4n) is 2.59. The van der Waals surface area contributed by atoms with Gasteiger partial charge in [-0.25, -0.2) is 4.68 Å². The van der Waals surface area contributed by atoms with Gasteiger partial charge in [-0.15, -0.1) is 0 Å². The van der Waals surface area contributed by atoms with E-state index in [1.807, 2.05) is 13.8 Å². The first-order chi connectivity index (χ1) is 9.41. The molecule has 0 radical (unpaired) electrons. The Labute approximate surface area is 124 Å². The predicted octanol–water partition coefficient (Wildman–Crippen LogP) is 2.53. The van der Waals surface area contributed by atoms with E-state index in [1.54, 1.807) is 6.20 Å². The molecule has 0 aromatic carbocycles. The molecule has 0 saturated heterocycles. The molecule has 6 heteroatoms. The quantitative estimate of drug-likeness (QED) is 0.908. The van der Waals surface area contributed by atoms with Crippen LogP contribution in [0.15, 0.2) is 11.0 Å². The van der Waals surface area contributed by atoms with E-state index in [4.69, 9.17) is 16.3 Å². The molecule has 1 heterocycles. The first-order valence-electron chi connectivity index (χ1n) is 7.05. The Morgan fingerprint density at radius 2 is 2.25 bits per heavy atom. The Morgan fingerprint density at radius 3 is 2.80 bits per heavy atom. The second-order valence-electron chi connectivity index (χ2n) is 5.69. The molecule has 5 nitrogen and oxygen atoms in total. The van der Waals surface area contributed by atoms with Crippen molar-refractivity contribution in [3.8, 4) is 0 Å². The van der Waals surface area contributed by atoms with Gasteiger partial charge >= 0.3 is 0 Å². The number of nitrogens with one attached hydrogen (secondary N) is 1. The van der Waals surface area contributed by atoms with Crippen LogP contribution in [0.1, 0.15) is 34.1 Å². The molecule has 2 unspecified atom stereocenters. The summed E-state index contributed by atoms with van der Waals surface area (Å²) >= 11 is 6.13. The number of hydrogen-bond donors (Lipinski definition) is 1. The number of ether oxygens (including phenoxy) is 1. The zero-order valence-corrected chi connectivity index (χ0v) is 13.2. The van der Waals surface area contributed by atoms with Crippen LogP contribution in [0.2, 0.25) is 5.02 Å². The number of hydrogen-bond acceptors (Lipinski definition) is 4. The van der Waals surface area contributed by atoms with Crippen LogP contribution in [0.3, 0.4) is 0 Å². The van der Waals surface area contributed by atoms with Gasteiger partial charge < -0.3 is 10.1 Å². The maximum Gasteiger partial charge on any atom is 0.287 e. The second-order valence-corrected chi connectivity index (χ2v) is 6.07. The van der Waals surface area contributed by atoms with E-state index in [-0.39, 0.29) is 28.1 Å². The molecule has 1 aliphatic carbocycles. The van der Waals surface area contributed by atoms with Crippen molar-refractivity contribution in [2.75, 3.05) is 11.9 Å². The lowest BCUT2D eigenvalue weighted by Gasteiger charge is -2.52. The van der Waals surface area contributed by atoms with Crippen LogP contribution >= 0.6 is 11.6 Å². The first kappa shape index (κ1) is 15.3. The first-order valence-corrected chi connectivity index (χ1v) is 7.43. The summed E-state index contributed by atoms with van der Waals surface area (Å²) in [5.41, 5.74) is 0.367. The smallest absolute Gasteiger partial charge is 0.287 e. The van der Waals surface area contributed by atoms with Gasteiger partial charge in [0.05, 0.1) is 18.0 Å². The molecule has 0 spiro atoms. The normalized spacial score (nSPS) is 24.2. The fraction of sp³-hybridized carbons (Fsp3) is 0.714. The molecule has 112 valence electrons. The third-order valence-electron chi connectivity index (χ3n) is 4.16. The Morgan fingerprint density at radius 1 is 1.55 bits per heavy atom. The van der Waals surface area contributed by atoms with E-state index in [0.717, 1.165) is 13.0 Å². The minimum atomic E-state index is -0.252. The molecular formula is C14H22ClN3O2. The van der Waals surface area contributed by atoms with E-state index in [0.29, 0.717) is 12.2 Å². The fourth-order valence-corrected chi connectivity index (χ4v) is 2.79. The molecule has 0 bridgehead atoms. The molecule has 2 atom stereocenters. The van der Waals surface area contributed by atoms with E-state index in [2.05, 4.69) is 24.3 Å². The predicted molar refractivity (Wildman–Crippen MR) is 80.4 cm³/mol. The lowest BCUT2D eigenvalue weighted by Crippen LogP contribution is -2.58. The maximum absolute atomic E-state index is 11.9. The highest BCUT2D eigenvalue weighted by atomic mass is 35.5. The standard InChI is InChI=1S/C14H22ClN3O2/c1-5-18-13(19)12(15)9(8-16-18)17-10-7-11(20-6-2)14(10,3)4/h8,10-11,17H,5-7H2,1-4H3. The summed E-state index contributed by atoms with van der Waals surface area (Å²) in [5, 5.41) is 7.63. The molecule has 0 amide bonds. The van der Waals surface area contributed by atoms with Gasteiger partial charge in [0.2, 0.25) is 0 Å². The molecule has 1 N–H and O–H groups in total. The number of aromatic nitrogens is 2. The van der Waals surface area contributed by atoms with Crippen LogP contribution in [-0.2, 0) is 11.3 Å². The summed E-state index contributed by atoms with van der Waals surface area (Å²) in [6, 6.07) is 0.232. The third kappa shape index (κ3) is 2.56. The summed E-state index contributed by atoms with van der Waals surface area (Å²) in [6.07, 6.45) is 2.78. The largest absolute Gasteiger partial charge is 0.379 e. The molecule has 1 aromatic heterocycles. The van der Waals surface area contributed by atoms with Crippen molar-refractivity contribution in [2.24, 2.45) is 5.41 Å². The molecule has 1 fully saturated rings. The van der Waals surface area contributed by atoms with Crippen molar-refractivity contribution in [3.63, 3.8) is 0 Å². The number of anilines is 1. The van der Waals surface area contributed by atoms with Crippen LogP contribution in [0.5, 0.6) is 0 Å². The van der Waals surface area contributed by atoms with Gasteiger partial charge in [-0.05, 0) is 20.3 Å². The van der Waals surface area contributed by atoms with Crippen LogP contribution in [-0.4, -0.2) is 28.5 Å². The van der Waals surface area contributed by atoms with E-state index in [9.17, 15) is 4.79 Å². The lowest BCUT2D eigenvalue weighted by molar-refractivity contribution is -0.0976. The summed E-state index contributed by atoms with van der Waals surface area (Å²) in [6.45, 7) is 9.41. The maximum atomic E-state index is 11.9. The van der Waals surface area contributed by atoms with Crippen LogP contribution < -0.4 is 10.9 Å². The summed E-state index contributed by atoms with van der Waals surface area (Å²) in [7, 11) is 0. The molecule has 1 saturated carbocycles. The SMILES string of the molecule is CCOC1CC(Nc2cnn(CC)c(=O)c2Cl)C1(C)C. The topological polar surface area (TPSA) is 56.1 Å². The lowest BCUT2D eigenvalue weighted by atomic mass is 9.64. The average Bonchev–Trinajstić information content (AvgIpc) is 2.42. The highest BCUT2D eigenvalue weighted by molar-refractivity contribution is 6.32. The van der Waals surface area contributed by atoms with Crippen LogP contribution in [0.25, 0.3) is 0 Å². The van der Waals surface area contributed by atoms with Crippen molar-refractivity contribution in [1.82, 2.24) is 9.78 Å². The summed E-state index contributed by atoms with van der Waals surface area (Å²) in [5.74, 6) is 0. The summed E-state index contributed by atoms with van der Waals surface area (Å²) < 4.78 is 7.05. The zero-order valence-electron chi connectivity index (χ0n) is 12.4. The summed E-state index contributed by atoms with van der Waals surface area (Å²) in [4.78, 5) is 11.9. The van der Waals surface area contributed by atoms with Gasteiger partial charge in [0.25, 0.3) is 5.56 Å². The highest BCUT2D eigenvalue weighted by Crippen LogP contribution is 2.44. The van der Waals surface area contributed by atoms with E-state index >= 15 is 0 Å². The van der Waals surface area contributed by atoms with Gasteiger partial charge in [-0.2, -0.15) is 5.10 Å². The Bertz CT molecular complexity index is 542. The Balaban J connectivity index is 2.13. The number of nitrogens with zero attached hydrogens (tertiary/aromatic N) is 2. The molecule has 2 rings (SSSR count). The Kier molecular flexibility index (Phi) is 4.39. The zero-order chi connectivity index (χ0) is 14.9. The van der Waals surface area contributed by atoms with Crippen molar-refractivity contribution in [2.45, 2.75) is 52.8 Å². The van der Waals surface area contributed by atoms with E-state index in [1.165, 1.54) is 4.68 Å². The van der Waals surface area contributed by atoms with Crippen molar-refractivity contribution in [1.29, 1.82) is 0 Å². The molecule has 1 aliphatic rings. The minimum Gasteiger partial charge on any atom is -0.379 e. The van der Waals surface area contributed by atoms with Gasteiger partial charge in [0.1, 0.15) is 5.02 Å². The van der Waals surface area contributed by atoms with Gasteiger partial charge in [-0.1, -0.05) is 25.4 Å². The number of halogens is 1. The van der Waals surface area contributed by atoms with Crippen LogP contribution in [0, 0.1) is 5.41 Å². The van der Waals surface area contributed by atoms with Crippen molar-refractivity contribution >= 4 is 17.3 Å². The van der Waals surface area contributed by atoms with Crippen molar-refractivity contribution < 1.29 is 4.74 Å². The molecular weight excluding hydrogens is 278 g/mol.